The summed E-state index contributed by atoms with van der Waals surface area (Å²) >= 11 is 0. The van der Waals surface area contributed by atoms with Gasteiger partial charge in [0.05, 0.1) is 0 Å². The first-order valence-electron chi connectivity index (χ1n) is 10.7. The lowest BCUT2D eigenvalue weighted by Crippen LogP contribution is -2.33. The van der Waals surface area contributed by atoms with Gasteiger partial charge in [-0.1, -0.05) is 45.3 Å². The van der Waals surface area contributed by atoms with Crippen molar-refractivity contribution < 1.29 is 4.79 Å². The van der Waals surface area contributed by atoms with Crippen LogP contribution in [0.4, 0.5) is 0 Å². The van der Waals surface area contributed by atoms with E-state index in [0.29, 0.717) is 0 Å². The average molecular weight is 347 g/mol. The second-order valence-electron chi connectivity index (χ2n) is 8.41. The zero-order chi connectivity index (χ0) is 18.9. The Balaban J connectivity index is 0.000000567. The first-order valence-corrected chi connectivity index (χ1v) is 10.7. The molecule has 3 rings (SSSR count). The maximum atomic E-state index is 8.81. The highest BCUT2D eigenvalue weighted by atomic mass is 16.1. The number of hydrogen-bond donors (Lipinski definition) is 0. The fraction of sp³-hybridized carbons (Fsp3) is 0.792. The molecule has 0 aliphatic heterocycles. The van der Waals surface area contributed by atoms with Crippen LogP contribution in [0.2, 0.25) is 0 Å². The van der Waals surface area contributed by atoms with Gasteiger partial charge in [-0.05, 0) is 87.4 Å². The molecule has 25 heavy (non-hydrogen) atoms. The second-order valence-corrected chi connectivity index (χ2v) is 8.41. The molecule has 2 fully saturated rings. The van der Waals surface area contributed by atoms with Gasteiger partial charge in [0.25, 0.3) is 0 Å². The highest BCUT2D eigenvalue weighted by molar-refractivity contribution is 5.44. The molecule has 0 N–H and O–H groups in total. The summed E-state index contributed by atoms with van der Waals surface area (Å²) in [4.78, 5) is 8.81. The van der Waals surface area contributed by atoms with E-state index in [4.69, 9.17) is 4.79 Å². The molecular formula is C24H42O. The first-order chi connectivity index (χ1) is 12.1. The van der Waals surface area contributed by atoms with Crippen LogP contribution in [0.1, 0.15) is 91.9 Å². The van der Waals surface area contributed by atoms with Crippen molar-refractivity contribution in [3.63, 3.8) is 0 Å². The van der Waals surface area contributed by atoms with Gasteiger partial charge < -0.3 is 4.79 Å². The molecule has 144 valence electrons. The van der Waals surface area contributed by atoms with Crippen LogP contribution in [0.25, 0.3) is 0 Å². The largest absolute Gasteiger partial charge is 0.304 e. The Kier molecular flexibility index (Phi) is 9.75. The van der Waals surface area contributed by atoms with E-state index >= 15 is 0 Å². The summed E-state index contributed by atoms with van der Waals surface area (Å²) in [5, 5.41) is 0. The van der Waals surface area contributed by atoms with Crippen LogP contribution in [0.15, 0.2) is 24.8 Å². The summed E-state index contributed by atoms with van der Waals surface area (Å²) in [6.07, 6.45) is 18.0. The number of fused-ring (bicyclic) bond motifs is 2. The zero-order valence-electron chi connectivity index (χ0n) is 17.4. The smallest absolute Gasteiger partial charge is 0.116 e. The van der Waals surface area contributed by atoms with Gasteiger partial charge in [-0.15, -0.1) is 13.2 Å². The Labute approximate surface area is 157 Å². The van der Waals surface area contributed by atoms with Gasteiger partial charge in [0.1, 0.15) is 6.29 Å². The summed E-state index contributed by atoms with van der Waals surface area (Å²) < 4.78 is 0. The minimum atomic E-state index is 0.734. The predicted octanol–water partition coefficient (Wildman–Crippen LogP) is 7.37. The quantitative estimate of drug-likeness (QED) is 0.362. The molecule has 2 bridgehead atoms. The molecule has 0 radical (unpaired) electrons. The van der Waals surface area contributed by atoms with Gasteiger partial charge >= 0.3 is 0 Å². The molecule has 0 aromatic heterocycles. The summed E-state index contributed by atoms with van der Waals surface area (Å²) in [6.45, 7) is 14.8. The van der Waals surface area contributed by atoms with Crippen molar-refractivity contribution in [1.82, 2.24) is 0 Å². The minimum Gasteiger partial charge on any atom is -0.304 e. The number of carbonyl (C=O) groups excluding carboxylic acids is 1. The molecule has 0 saturated heterocycles. The van der Waals surface area contributed by atoms with E-state index < -0.39 is 0 Å². The lowest BCUT2D eigenvalue weighted by Gasteiger charge is -2.44. The number of carbonyl (C=O) groups is 1. The molecule has 0 amide bonds. The van der Waals surface area contributed by atoms with Gasteiger partial charge in [0, 0.05) is 0 Å². The molecule has 0 spiro atoms. The Morgan fingerprint density at radius 3 is 2.16 bits per heavy atom. The first kappa shape index (κ1) is 22.2. The van der Waals surface area contributed by atoms with Gasteiger partial charge in [-0.3, -0.25) is 0 Å². The molecule has 0 aromatic carbocycles. The van der Waals surface area contributed by atoms with E-state index in [0.717, 1.165) is 35.4 Å². The Bertz CT molecular complexity index is 408. The van der Waals surface area contributed by atoms with Crippen molar-refractivity contribution in [2.75, 3.05) is 0 Å². The van der Waals surface area contributed by atoms with E-state index in [2.05, 4.69) is 40.0 Å². The van der Waals surface area contributed by atoms with Crippen molar-refractivity contribution in [3.05, 3.63) is 24.8 Å². The standard InChI is InChI=1S/C20H34.C2H4O.C2H4/c1-4-16-8-9-17(16)7-6-12-20(5-2)13-18-10-11-19(14-20)15(18)3;1-2-3;1-2/h8,15,17-19H,4-7,9-14H2,1-3H3;2H,1H3;1-2H2. The molecular weight excluding hydrogens is 304 g/mol. The SMILES string of the molecule is C=C.CC=O.CCC1=CCC1CCCC1(CC)CC2CCC(C1)C2C. The third kappa shape index (κ3) is 5.56. The van der Waals surface area contributed by atoms with Gasteiger partial charge in [-0.25, -0.2) is 0 Å². The summed E-state index contributed by atoms with van der Waals surface area (Å²) in [5.74, 6) is 4.15. The van der Waals surface area contributed by atoms with Crippen molar-refractivity contribution in [2.24, 2.45) is 29.1 Å². The van der Waals surface area contributed by atoms with Crippen molar-refractivity contribution >= 4 is 6.29 Å². The van der Waals surface area contributed by atoms with Crippen LogP contribution >= 0.6 is 0 Å². The van der Waals surface area contributed by atoms with Crippen LogP contribution in [0.3, 0.4) is 0 Å². The Morgan fingerprint density at radius 2 is 1.76 bits per heavy atom. The fourth-order valence-corrected chi connectivity index (χ4v) is 5.69. The molecule has 1 heteroatoms. The van der Waals surface area contributed by atoms with Crippen LogP contribution in [0.5, 0.6) is 0 Å². The predicted molar refractivity (Wildman–Crippen MR) is 111 cm³/mol. The topological polar surface area (TPSA) is 17.1 Å². The summed E-state index contributed by atoms with van der Waals surface area (Å²) in [5.41, 5.74) is 2.49. The lowest BCUT2D eigenvalue weighted by atomic mass is 9.61. The van der Waals surface area contributed by atoms with E-state index in [1.807, 2.05) is 0 Å². The average Bonchev–Trinajstić information content (AvgIpc) is 2.83. The van der Waals surface area contributed by atoms with Crippen LogP contribution < -0.4 is 0 Å². The maximum absolute atomic E-state index is 8.81. The molecule has 3 unspecified atom stereocenters. The normalized spacial score (nSPS) is 35.3. The monoisotopic (exact) mass is 346 g/mol. The fourth-order valence-electron chi connectivity index (χ4n) is 5.69. The molecule has 2 saturated carbocycles. The maximum Gasteiger partial charge on any atom is 0.116 e. The molecule has 0 aromatic rings. The zero-order valence-corrected chi connectivity index (χ0v) is 17.4. The van der Waals surface area contributed by atoms with Gasteiger partial charge in [0.2, 0.25) is 0 Å². The van der Waals surface area contributed by atoms with Gasteiger partial charge in [0.15, 0.2) is 0 Å². The molecule has 3 aliphatic rings. The summed E-state index contributed by atoms with van der Waals surface area (Å²) in [6, 6.07) is 0. The molecule has 1 nitrogen and oxygen atoms in total. The summed E-state index contributed by atoms with van der Waals surface area (Å²) in [7, 11) is 0. The highest BCUT2D eigenvalue weighted by Crippen LogP contribution is 2.57. The van der Waals surface area contributed by atoms with Crippen LogP contribution in [-0.4, -0.2) is 6.29 Å². The molecule has 3 aliphatic carbocycles. The van der Waals surface area contributed by atoms with E-state index in [1.165, 1.54) is 45.4 Å². The van der Waals surface area contributed by atoms with Crippen molar-refractivity contribution in [2.45, 2.75) is 91.9 Å². The van der Waals surface area contributed by atoms with E-state index in [9.17, 15) is 0 Å². The third-order valence-corrected chi connectivity index (χ3v) is 7.39. The highest BCUT2D eigenvalue weighted by Gasteiger charge is 2.46. The Morgan fingerprint density at radius 1 is 1.20 bits per heavy atom. The van der Waals surface area contributed by atoms with Crippen LogP contribution in [-0.2, 0) is 4.79 Å². The minimum absolute atomic E-state index is 0.734. The third-order valence-electron chi connectivity index (χ3n) is 7.39. The lowest BCUT2D eigenvalue weighted by molar-refractivity contribution is -0.106. The number of aldehydes is 1. The van der Waals surface area contributed by atoms with Crippen molar-refractivity contribution in [3.8, 4) is 0 Å². The second kappa shape index (κ2) is 11.0. The number of rotatable bonds is 6. The van der Waals surface area contributed by atoms with Crippen LogP contribution in [0, 0.1) is 29.1 Å². The van der Waals surface area contributed by atoms with E-state index in [-0.39, 0.29) is 0 Å². The van der Waals surface area contributed by atoms with E-state index in [1.54, 1.807) is 31.3 Å². The number of allylic oxidation sites excluding steroid dienone is 2. The molecule has 3 atom stereocenters. The van der Waals surface area contributed by atoms with Crippen molar-refractivity contribution in [1.29, 1.82) is 0 Å². The Hall–Kier alpha value is -0.850. The number of hydrogen-bond acceptors (Lipinski definition) is 1. The van der Waals surface area contributed by atoms with Gasteiger partial charge in [-0.2, -0.15) is 0 Å². The molecule has 0 heterocycles.